The van der Waals surface area contributed by atoms with Gasteiger partial charge in [0.05, 0.1) is 7.11 Å². The fourth-order valence-corrected chi connectivity index (χ4v) is 2.76. The van der Waals surface area contributed by atoms with Crippen molar-refractivity contribution in [2.75, 3.05) is 19.0 Å². The number of fused-ring (bicyclic) bond motifs is 1. The van der Waals surface area contributed by atoms with Crippen LogP contribution in [0.25, 0.3) is 0 Å². The quantitative estimate of drug-likeness (QED) is 0.840. The molecule has 0 aromatic heterocycles. The zero-order valence-corrected chi connectivity index (χ0v) is 10.3. The fraction of sp³-hybridized carbons (Fsp3) is 0.571. The van der Waals surface area contributed by atoms with Gasteiger partial charge >= 0.3 is 0 Å². The molecule has 3 heteroatoms. The molecular formula is C14H20N2O. The number of benzene rings is 1. The average Bonchev–Trinajstić information content (AvgIpc) is 2.33. The largest absolute Gasteiger partial charge is 0.496 e. The normalized spacial score (nSPS) is 23.5. The highest BCUT2D eigenvalue weighted by atomic mass is 16.5. The maximum absolute atomic E-state index is 5.50. The summed E-state index contributed by atoms with van der Waals surface area (Å²) < 4.78 is 5.50. The molecule has 1 fully saturated rings. The summed E-state index contributed by atoms with van der Waals surface area (Å²) in [5.74, 6) is 1.01. The second kappa shape index (κ2) is 4.57. The Balaban J connectivity index is 1.88. The minimum Gasteiger partial charge on any atom is -0.496 e. The van der Waals surface area contributed by atoms with E-state index in [0.29, 0.717) is 6.04 Å². The van der Waals surface area contributed by atoms with Gasteiger partial charge in [-0.3, -0.25) is 0 Å². The highest BCUT2D eigenvalue weighted by Crippen LogP contribution is 2.38. The van der Waals surface area contributed by atoms with Crippen LogP contribution in [0, 0.1) is 0 Å². The maximum Gasteiger partial charge on any atom is 0.125 e. The third-order valence-electron chi connectivity index (χ3n) is 3.93. The summed E-state index contributed by atoms with van der Waals surface area (Å²) >= 11 is 0. The minimum absolute atomic E-state index is 0.452. The molecule has 0 radical (unpaired) electrons. The Morgan fingerprint density at radius 2 is 2.18 bits per heavy atom. The first kappa shape index (κ1) is 10.9. The predicted octanol–water partition coefficient (Wildman–Crippen LogP) is 2.69. The summed E-state index contributed by atoms with van der Waals surface area (Å²) in [6.07, 6.45) is 5.17. The number of methoxy groups -OCH3 is 1. The molecule has 1 aliphatic heterocycles. The van der Waals surface area contributed by atoms with Gasteiger partial charge in [0.1, 0.15) is 5.75 Å². The molecule has 0 amide bonds. The third kappa shape index (κ3) is 2.00. The van der Waals surface area contributed by atoms with Gasteiger partial charge in [-0.1, -0.05) is 12.5 Å². The van der Waals surface area contributed by atoms with Crippen molar-refractivity contribution in [2.24, 2.45) is 0 Å². The van der Waals surface area contributed by atoms with E-state index in [-0.39, 0.29) is 0 Å². The molecule has 17 heavy (non-hydrogen) atoms. The summed E-state index contributed by atoms with van der Waals surface area (Å²) in [6.45, 7) is 1.05. The van der Waals surface area contributed by atoms with E-state index in [2.05, 4.69) is 28.8 Å². The molecule has 0 spiro atoms. The van der Waals surface area contributed by atoms with Gasteiger partial charge in [0.15, 0.2) is 0 Å². The van der Waals surface area contributed by atoms with Gasteiger partial charge in [0.25, 0.3) is 0 Å². The number of hydrogen-bond acceptors (Lipinski definition) is 3. The molecular weight excluding hydrogens is 212 g/mol. The molecule has 3 nitrogen and oxygen atoms in total. The number of nitrogens with one attached hydrogen (secondary N) is 2. The Morgan fingerprint density at radius 3 is 2.88 bits per heavy atom. The van der Waals surface area contributed by atoms with Crippen LogP contribution >= 0.6 is 0 Å². The predicted molar refractivity (Wildman–Crippen MR) is 69.6 cm³/mol. The van der Waals surface area contributed by atoms with Crippen LogP contribution in [-0.4, -0.2) is 19.7 Å². The Labute approximate surface area is 103 Å². The van der Waals surface area contributed by atoms with Crippen LogP contribution in [0.1, 0.15) is 37.3 Å². The summed E-state index contributed by atoms with van der Waals surface area (Å²) in [4.78, 5) is 0. The van der Waals surface area contributed by atoms with E-state index < -0.39 is 0 Å². The average molecular weight is 232 g/mol. The smallest absolute Gasteiger partial charge is 0.125 e. The lowest BCUT2D eigenvalue weighted by atomic mass is 9.89. The summed E-state index contributed by atoms with van der Waals surface area (Å²) in [5, 5.41) is 7.22. The van der Waals surface area contributed by atoms with Crippen LogP contribution in [0.2, 0.25) is 0 Å². The van der Waals surface area contributed by atoms with Crippen molar-refractivity contribution in [1.29, 1.82) is 0 Å². The van der Waals surface area contributed by atoms with Crippen molar-refractivity contribution in [3.63, 3.8) is 0 Å². The third-order valence-corrected chi connectivity index (χ3v) is 3.93. The molecule has 3 rings (SSSR count). The van der Waals surface area contributed by atoms with Crippen LogP contribution < -0.4 is 15.4 Å². The fourth-order valence-electron chi connectivity index (χ4n) is 2.76. The van der Waals surface area contributed by atoms with Crippen molar-refractivity contribution in [3.05, 3.63) is 23.8 Å². The molecule has 1 saturated carbocycles. The second-order valence-electron chi connectivity index (χ2n) is 4.98. The number of ether oxygens (including phenoxy) is 1. The Kier molecular flexibility index (Phi) is 2.93. The number of hydrogen-bond donors (Lipinski definition) is 2. The van der Waals surface area contributed by atoms with Gasteiger partial charge in [0.2, 0.25) is 0 Å². The van der Waals surface area contributed by atoms with Gasteiger partial charge in [0, 0.05) is 29.9 Å². The summed E-state index contributed by atoms with van der Waals surface area (Å²) in [6, 6.07) is 7.42. The van der Waals surface area contributed by atoms with Gasteiger partial charge in [-0.25, -0.2) is 0 Å². The van der Waals surface area contributed by atoms with E-state index >= 15 is 0 Å². The summed E-state index contributed by atoms with van der Waals surface area (Å²) in [7, 11) is 1.75. The molecule has 1 aromatic rings. The van der Waals surface area contributed by atoms with Crippen LogP contribution in [0.4, 0.5) is 5.69 Å². The summed E-state index contributed by atoms with van der Waals surface area (Å²) in [5.41, 5.74) is 2.54. The topological polar surface area (TPSA) is 33.3 Å². The number of rotatable bonds is 3. The molecule has 2 N–H and O–H groups in total. The van der Waals surface area contributed by atoms with E-state index in [9.17, 15) is 0 Å². The van der Waals surface area contributed by atoms with Crippen LogP contribution in [0.5, 0.6) is 5.75 Å². The van der Waals surface area contributed by atoms with E-state index in [1.165, 1.54) is 30.5 Å². The van der Waals surface area contributed by atoms with Crippen molar-refractivity contribution in [3.8, 4) is 5.75 Å². The van der Waals surface area contributed by atoms with Crippen molar-refractivity contribution in [2.45, 2.75) is 37.8 Å². The monoisotopic (exact) mass is 232 g/mol. The number of anilines is 1. The Bertz CT molecular complexity index is 387. The van der Waals surface area contributed by atoms with E-state index in [4.69, 9.17) is 4.74 Å². The van der Waals surface area contributed by atoms with Gasteiger partial charge < -0.3 is 15.4 Å². The van der Waals surface area contributed by atoms with Gasteiger partial charge in [-0.2, -0.15) is 0 Å². The zero-order valence-electron chi connectivity index (χ0n) is 10.3. The highest BCUT2D eigenvalue weighted by molar-refractivity contribution is 5.60. The van der Waals surface area contributed by atoms with Crippen LogP contribution in [0.3, 0.4) is 0 Å². The highest BCUT2D eigenvalue weighted by Gasteiger charge is 2.27. The molecule has 0 bridgehead atoms. The molecule has 1 atom stereocenters. The molecule has 1 aromatic carbocycles. The molecule has 92 valence electrons. The van der Waals surface area contributed by atoms with Crippen molar-refractivity contribution >= 4 is 5.69 Å². The SMILES string of the molecule is COc1cccc2c1C(NC1CCC1)CCN2. The minimum atomic E-state index is 0.452. The Hall–Kier alpha value is -1.22. The van der Waals surface area contributed by atoms with E-state index in [0.717, 1.165) is 24.8 Å². The standard InChI is InChI=1S/C14H20N2O/c1-17-13-7-3-6-11-14(13)12(8-9-15-11)16-10-4-2-5-10/h3,6-7,10,12,15-16H,2,4-5,8-9H2,1H3. The molecule has 2 aliphatic rings. The molecule has 1 aliphatic carbocycles. The van der Waals surface area contributed by atoms with E-state index in [1.54, 1.807) is 7.11 Å². The first-order valence-electron chi connectivity index (χ1n) is 6.55. The van der Waals surface area contributed by atoms with E-state index in [1.807, 2.05) is 0 Å². The lowest BCUT2D eigenvalue weighted by molar-refractivity contribution is 0.293. The lowest BCUT2D eigenvalue weighted by Gasteiger charge is -2.35. The molecule has 1 unspecified atom stereocenters. The first-order valence-corrected chi connectivity index (χ1v) is 6.55. The maximum atomic E-state index is 5.50. The molecule has 1 heterocycles. The first-order chi connectivity index (χ1) is 8.38. The van der Waals surface area contributed by atoms with Crippen molar-refractivity contribution < 1.29 is 4.74 Å². The lowest BCUT2D eigenvalue weighted by Crippen LogP contribution is -2.40. The zero-order chi connectivity index (χ0) is 11.7. The van der Waals surface area contributed by atoms with Crippen LogP contribution in [0.15, 0.2) is 18.2 Å². The second-order valence-corrected chi connectivity index (χ2v) is 4.98. The van der Waals surface area contributed by atoms with Gasteiger partial charge in [-0.05, 0) is 31.4 Å². The van der Waals surface area contributed by atoms with Crippen LogP contribution in [-0.2, 0) is 0 Å². The molecule has 0 saturated heterocycles. The van der Waals surface area contributed by atoms with Gasteiger partial charge in [-0.15, -0.1) is 0 Å². The Morgan fingerprint density at radius 1 is 1.29 bits per heavy atom. The van der Waals surface area contributed by atoms with Crippen molar-refractivity contribution in [1.82, 2.24) is 5.32 Å².